The molecule has 166 valence electrons. The number of fused-ring (bicyclic) bond motifs is 1. The lowest BCUT2D eigenvalue weighted by Gasteiger charge is -2.27. The molecule has 0 amide bonds. The maximum absolute atomic E-state index is 12.6. The predicted molar refractivity (Wildman–Crippen MR) is 109 cm³/mol. The predicted octanol–water partition coefficient (Wildman–Crippen LogP) is 3.13. The molecular weight excluding hydrogens is 404 g/mol. The van der Waals surface area contributed by atoms with Gasteiger partial charge in [0.2, 0.25) is 6.79 Å². The van der Waals surface area contributed by atoms with E-state index in [4.69, 9.17) is 33.2 Å². The molecule has 0 aromatic heterocycles. The Bertz CT molecular complexity index is 928. The Balaban J connectivity index is 1.61. The molecule has 1 fully saturated rings. The van der Waals surface area contributed by atoms with Gasteiger partial charge in [0.25, 0.3) is 0 Å². The highest BCUT2D eigenvalue weighted by atomic mass is 16.7. The van der Waals surface area contributed by atoms with Crippen LogP contribution in [0.15, 0.2) is 36.4 Å². The number of cyclic esters (lactones) is 1. The minimum atomic E-state index is -0.426. The molecule has 2 aromatic rings. The number of ether oxygens (including phenoxy) is 7. The Labute approximate surface area is 180 Å². The summed E-state index contributed by atoms with van der Waals surface area (Å²) in [6.07, 6.45) is 0.0745. The summed E-state index contributed by atoms with van der Waals surface area (Å²) >= 11 is 0. The summed E-state index contributed by atoms with van der Waals surface area (Å²) in [5, 5.41) is 0. The Hall–Kier alpha value is -2.97. The largest absolute Gasteiger partial charge is 0.493 e. The van der Waals surface area contributed by atoms with Crippen LogP contribution in [0.1, 0.15) is 17.2 Å². The van der Waals surface area contributed by atoms with Crippen LogP contribution in [0.5, 0.6) is 23.0 Å². The molecule has 1 saturated heterocycles. The van der Waals surface area contributed by atoms with Crippen molar-refractivity contribution in [2.24, 2.45) is 11.8 Å². The number of methoxy groups -OCH3 is 3. The number of benzene rings is 2. The monoisotopic (exact) mass is 430 g/mol. The van der Waals surface area contributed by atoms with E-state index in [9.17, 15) is 4.79 Å². The molecule has 0 N–H and O–H groups in total. The van der Waals surface area contributed by atoms with Crippen LogP contribution in [-0.2, 0) is 25.4 Å². The second-order valence-electron chi connectivity index (χ2n) is 7.40. The van der Waals surface area contributed by atoms with Crippen LogP contribution in [0, 0.1) is 11.8 Å². The first-order valence-electron chi connectivity index (χ1n) is 10.0. The first-order chi connectivity index (χ1) is 15.1. The van der Waals surface area contributed by atoms with Crippen molar-refractivity contribution in [3.05, 3.63) is 47.5 Å². The van der Waals surface area contributed by atoms with Crippen LogP contribution in [-0.4, -0.2) is 47.5 Å². The van der Waals surface area contributed by atoms with Gasteiger partial charge in [0, 0.05) is 13.0 Å². The van der Waals surface area contributed by atoms with Gasteiger partial charge in [-0.15, -0.1) is 0 Å². The topological polar surface area (TPSA) is 81.7 Å². The molecule has 2 aliphatic rings. The first kappa shape index (κ1) is 21.3. The minimum absolute atomic E-state index is 0.0838. The Morgan fingerprint density at radius 2 is 1.77 bits per heavy atom. The lowest BCUT2D eigenvalue weighted by molar-refractivity contribution is -0.141. The maximum atomic E-state index is 12.6. The van der Waals surface area contributed by atoms with Crippen molar-refractivity contribution in [2.45, 2.75) is 12.5 Å². The summed E-state index contributed by atoms with van der Waals surface area (Å²) in [5.74, 6) is 1.78. The molecule has 8 heteroatoms. The zero-order chi connectivity index (χ0) is 21.8. The Kier molecular flexibility index (Phi) is 6.48. The van der Waals surface area contributed by atoms with Crippen LogP contribution in [0.25, 0.3) is 0 Å². The highest BCUT2D eigenvalue weighted by molar-refractivity contribution is 5.75. The summed E-state index contributed by atoms with van der Waals surface area (Å²) in [4.78, 5) is 12.6. The van der Waals surface area contributed by atoms with Gasteiger partial charge < -0.3 is 33.2 Å². The Morgan fingerprint density at radius 1 is 0.968 bits per heavy atom. The summed E-state index contributed by atoms with van der Waals surface area (Å²) in [6.45, 7) is 0.552. The lowest BCUT2D eigenvalue weighted by Crippen LogP contribution is -2.27. The van der Waals surface area contributed by atoms with Gasteiger partial charge in [-0.3, -0.25) is 4.79 Å². The molecule has 0 saturated carbocycles. The van der Waals surface area contributed by atoms with Gasteiger partial charge in [0.15, 0.2) is 23.0 Å². The quantitative estimate of drug-likeness (QED) is 0.443. The van der Waals surface area contributed by atoms with Crippen LogP contribution >= 0.6 is 0 Å². The fraction of sp³-hybridized carbons (Fsp3) is 0.435. The molecule has 4 rings (SSSR count). The third-order valence-electron chi connectivity index (χ3n) is 5.62. The molecule has 0 unspecified atom stereocenters. The average molecular weight is 430 g/mol. The number of carbonyl (C=O) groups excluding carboxylic acids is 1. The zero-order valence-corrected chi connectivity index (χ0v) is 17.8. The summed E-state index contributed by atoms with van der Waals surface area (Å²) in [5.41, 5.74) is 1.82. The standard InChI is InChI=1S/C23H26O8/c1-25-12-31-22(15-5-7-18(26-2)20(10-15)27-3)17-11-28-23(24)16(17)8-14-4-6-19-21(9-14)30-13-29-19/h4-7,9-10,16-17,22H,8,11-13H2,1-3H3/t16-,17+,22-/m0/s1. The van der Waals surface area contributed by atoms with Crippen molar-refractivity contribution in [1.29, 1.82) is 0 Å². The zero-order valence-electron chi connectivity index (χ0n) is 17.8. The molecule has 2 aromatic carbocycles. The van der Waals surface area contributed by atoms with Gasteiger partial charge in [-0.05, 0) is 41.8 Å². The number of hydrogen-bond acceptors (Lipinski definition) is 8. The second kappa shape index (κ2) is 9.45. The number of carbonyl (C=O) groups is 1. The normalized spacial score (nSPS) is 20.4. The SMILES string of the molecule is COCO[C@@H](c1ccc(OC)c(OC)c1)[C@@H]1COC(=O)[C@H]1Cc1ccc2c(c1)OCO2. The number of rotatable bonds is 9. The van der Waals surface area contributed by atoms with Gasteiger partial charge in [-0.25, -0.2) is 0 Å². The van der Waals surface area contributed by atoms with E-state index in [2.05, 4.69) is 0 Å². The molecule has 0 radical (unpaired) electrons. The highest BCUT2D eigenvalue weighted by Crippen LogP contribution is 2.41. The molecular formula is C23H26O8. The van der Waals surface area contributed by atoms with E-state index in [1.54, 1.807) is 21.3 Å². The van der Waals surface area contributed by atoms with Crippen LogP contribution in [0.2, 0.25) is 0 Å². The van der Waals surface area contributed by atoms with E-state index in [0.29, 0.717) is 29.4 Å². The van der Waals surface area contributed by atoms with Crippen LogP contribution < -0.4 is 18.9 Å². The van der Waals surface area contributed by atoms with Crippen molar-refractivity contribution in [3.8, 4) is 23.0 Å². The van der Waals surface area contributed by atoms with E-state index >= 15 is 0 Å². The van der Waals surface area contributed by atoms with Gasteiger partial charge in [0.1, 0.15) is 6.79 Å². The Morgan fingerprint density at radius 3 is 2.55 bits per heavy atom. The molecule has 2 heterocycles. The molecule has 0 aliphatic carbocycles. The number of esters is 1. The van der Waals surface area contributed by atoms with Crippen molar-refractivity contribution in [1.82, 2.24) is 0 Å². The van der Waals surface area contributed by atoms with Crippen molar-refractivity contribution in [2.75, 3.05) is 41.5 Å². The molecule has 8 nitrogen and oxygen atoms in total. The molecule has 0 spiro atoms. The summed E-state index contributed by atoms with van der Waals surface area (Å²) < 4.78 is 38.3. The van der Waals surface area contributed by atoms with Gasteiger partial charge in [-0.1, -0.05) is 12.1 Å². The molecule has 0 bridgehead atoms. The van der Waals surface area contributed by atoms with Crippen LogP contribution in [0.4, 0.5) is 0 Å². The maximum Gasteiger partial charge on any atom is 0.309 e. The van der Waals surface area contributed by atoms with E-state index in [1.165, 1.54) is 0 Å². The lowest BCUT2D eigenvalue weighted by atomic mass is 9.82. The van der Waals surface area contributed by atoms with Crippen molar-refractivity contribution in [3.63, 3.8) is 0 Å². The minimum Gasteiger partial charge on any atom is -0.493 e. The molecule has 3 atom stereocenters. The van der Waals surface area contributed by atoms with E-state index in [1.807, 2.05) is 36.4 Å². The first-order valence-corrected chi connectivity index (χ1v) is 10.0. The average Bonchev–Trinajstić information content (AvgIpc) is 3.40. The van der Waals surface area contributed by atoms with Crippen LogP contribution in [0.3, 0.4) is 0 Å². The van der Waals surface area contributed by atoms with E-state index in [0.717, 1.165) is 11.1 Å². The van der Waals surface area contributed by atoms with Gasteiger partial charge >= 0.3 is 5.97 Å². The smallest absolute Gasteiger partial charge is 0.309 e. The highest BCUT2D eigenvalue weighted by Gasteiger charge is 2.43. The number of hydrogen-bond donors (Lipinski definition) is 0. The fourth-order valence-corrected chi connectivity index (χ4v) is 4.07. The summed E-state index contributed by atoms with van der Waals surface area (Å²) in [7, 11) is 4.73. The molecule has 31 heavy (non-hydrogen) atoms. The van der Waals surface area contributed by atoms with E-state index < -0.39 is 6.10 Å². The second-order valence-corrected chi connectivity index (χ2v) is 7.40. The van der Waals surface area contributed by atoms with Crippen molar-refractivity contribution < 1.29 is 38.0 Å². The van der Waals surface area contributed by atoms with E-state index in [-0.39, 0.29) is 38.0 Å². The third-order valence-corrected chi connectivity index (χ3v) is 5.62. The molecule has 2 aliphatic heterocycles. The van der Waals surface area contributed by atoms with Crippen molar-refractivity contribution >= 4 is 5.97 Å². The summed E-state index contributed by atoms with van der Waals surface area (Å²) in [6, 6.07) is 11.3. The van der Waals surface area contributed by atoms with Gasteiger partial charge in [-0.2, -0.15) is 0 Å². The third kappa shape index (κ3) is 4.40. The van der Waals surface area contributed by atoms with Gasteiger partial charge in [0.05, 0.1) is 32.8 Å². The fourth-order valence-electron chi connectivity index (χ4n) is 4.07.